The third-order valence-corrected chi connectivity index (χ3v) is 8.66. The molecule has 1 saturated carbocycles. The highest BCUT2D eigenvalue weighted by molar-refractivity contribution is 6.00. The normalized spacial score (nSPS) is 19.0. The molecule has 1 aliphatic carbocycles. The first-order chi connectivity index (χ1) is 19.0. The number of hydrogen-bond acceptors (Lipinski definition) is 3. The summed E-state index contributed by atoms with van der Waals surface area (Å²) in [5.74, 6) is 0.844. The van der Waals surface area contributed by atoms with E-state index in [2.05, 4.69) is 11.5 Å². The zero-order valence-electron chi connectivity index (χ0n) is 22.7. The highest BCUT2D eigenvalue weighted by atomic mass is 16.4. The number of benzene rings is 3. The predicted octanol–water partition coefficient (Wildman–Crippen LogP) is 7.19. The van der Waals surface area contributed by atoms with Gasteiger partial charge in [-0.3, -0.25) is 9.36 Å². The molecule has 4 aromatic rings. The molecule has 2 heterocycles. The van der Waals surface area contributed by atoms with E-state index in [1.165, 1.54) is 6.42 Å². The Labute approximate surface area is 229 Å². The Morgan fingerprint density at radius 3 is 2.59 bits per heavy atom. The number of carboxylic acid groups (broad SMARTS) is 1. The molecule has 6 rings (SSSR count). The highest BCUT2D eigenvalue weighted by Gasteiger charge is 2.42. The number of rotatable bonds is 7. The number of anilines is 1. The summed E-state index contributed by atoms with van der Waals surface area (Å²) in [5.41, 5.74) is 6.12. The average molecular weight is 522 g/mol. The van der Waals surface area contributed by atoms with E-state index in [1.807, 2.05) is 72.5 Å². The van der Waals surface area contributed by atoms with Gasteiger partial charge in [0.2, 0.25) is 5.91 Å². The van der Waals surface area contributed by atoms with Crippen LogP contribution in [0.4, 0.5) is 5.69 Å². The van der Waals surface area contributed by atoms with E-state index in [4.69, 9.17) is 4.98 Å². The minimum absolute atomic E-state index is 0.160. The molecule has 1 N–H and O–H groups in total. The SMILES string of the molecule is CCCCc1nc2cc(N3CC4CCCCC4C3=O)ccc2n1-c1ccc(-c2ccccc2)c(C(=O)O)c1C. The number of aromatic carboxylic acids is 1. The fourth-order valence-corrected chi connectivity index (χ4v) is 6.64. The zero-order chi connectivity index (χ0) is 27.1. The predicted molar refractivity (Wildman–Crippen MR) is 155 cm³/mol. The van der Waals surface area contributed by atoms with E-state index < -0.39 is 5.97 Å². The largest absolute Gasteiger partial charge is 0.478 e. The number of nitrogens with zero attached hydrogens (tertiary/aromatic N) is 3. The molecule has 2 aliphatic rings. The molecule has 0 radical (unpaired) electrons. The Balaban J connectivity index is 1.47. The number of carbonyl (C=O) groups is 2. The summed E-state index contributed by atoms with van der Waals surface area (Å²) >= 11 is 0. The van der Waals surface area contributed by atoms with Crippen LogP contribution in [0.25, 0.3) is 27.8 Å². The molecule has 1 saturated heterocycles. The van der Waals surface area contributed by atoms with Crippen LogP contribution >= 0.6 is 0 Å². The van der Waals surface area contributed by atoms with Gasteiger partial charge < -0.3 is 10.0 Å². The monoisotopic (exact) mass is 521 g/mol. The lowest BCUT2D eigenvalue weighted by Crippen LogP contribution is -2.27. The van der Waals surface area contributed by atoms with Crippen molar-refractivity contribution in [3.05, 3.63) is 77.6 Å². The van der Waals surface area contributed by atoms with Gasteiger partial charge in [0.05, 0.1) is 22.3 Å². The molecular weight excluding hydrogens is 486 g/mol. The molecule has 1 amide bonds. The van der Waals surface area contributed by atoms with Crippen molar-refractivity contribution in [1.29, 1.82) is 0 Å². The van der Waals surface area contributed by atoms with Crippen molar-refractivity contribution in [2.45, 2.75) is 58.8 Å². The van der Waals surface area contributed by atoms with Crippen LogP contribution in [0, 0.1) is 18.8 Å². The summed E-state index contributed by atoms with van der Waals surface area (Å²) in [6.07, 6.45) is 7.30. The van der Waals surface area contributed by atoms with Crippen molar-refractivity contribution in [1.82, 2.24) is 9.55 Å². The van der Waals surface area contributed by atoms with Gasteiger partial charge in [-0.1, -0.05) is 62.6 Å². The maximum absolute atomic E-state index is 13.3. The molecule has 2 unspecified atom stereocenters. The Morgan fingerprint density at radius 2 is 1.85 bits per heavy atom. The maximum atomic E-state index is 13.3. The van der Waals surface area contributed by atoms with Crippen molar-refractivity contribution in [3.63, 3.8) is 0 Å². The van der Waals surface area contributed by atoms with Gasteiger partial charge >= 0.3 is 5.97 Å². The van der Waals surface area contributed by atoms with Gasteiger partial charge in [-0.2, -0.15) is 0 Å². The number of hydrogen-bond donors (Lipinski definition) is 1. The van der Waals surface area contributed by atoms with Crippen molar-refractivity contribution >= 4 is 28.6 Å². The Bertz CT molecular complexity index is 1560. The third-order valence-electron chi connectivity index (χ3n) is 8.66. The maximum Gasteiger partial charge on any atom is 0.336 e. The number of imidazole rings is 1. The lowest BCUT2D eigenvalue weighted by atomic mass is 9.81. The highest BCUT2D eigenvalue weighted by Crippen LogP contribution is 2.40. The zero-order valence-corrected chi connectivity index (χ0v) is 22.7. The first-order valence-electron chi connectivity index (χ1n) is 14.2. The first kappa shape index (κ1) is 25.4. The van der Waals surface area contributed by atoms with E-state index in [0.717, 1.165) is 78.9 Å². The van der Waals surface area contributed by atoms with Gasteiger partial charge in [-0.05, 0) is 73.1 Å². The molecule has 6 heteroatoms. The molecule has 2 atom stereocenters. The molecule has 6 nitrogen and oxygen atoms in total. The van der Waals surface area contributed by atoms with E-state index >= 15 is 0 Å². The molecule has 2 fully saturated rings. The molecule has 0 bridgehead atoms. The molecule has 1 aromatic heterocycles. The van der Waals surface area contributed by atoms with Crippen LogP contribution in [-0.2, 0) is 11.2 Å². The minimum atomic E-state index is -0.941. The van der Waals surface area contributed by atoms with E-state index in [0.29, 0.717) is 22.6 Å². The smallest absolute Gasteiger partial charge is 0.336 e. The summed E-state index contributed by atoms with van der Waals surface area (Å²) in [6.45, 7) is 4.84. The average Bonchev–Trinajstić information content (AvgIpc) is 3.48. The minimum Gasteiger partial charge on any atom is -0.478 e. The second kappa shape index (κ2) is 10.3. The van der Waals surface area contributed by atoms with E-state index in [1.54, 1.807) is 0 Å². The summed E-state index contributed by atoms with van der Waals surface area (Å²) in [4.78, 5) is 32.8. The van der Waals surface area contributed by atoms with Crippen LogP contribution in [0.3, 0.4) is 0 Å². The molecule has 3 aromatic carbocycles. The van der Waals surface area contributed by atoms with Crippen LogP contribution in [0.2, 0.25) is 0 Å². The fraction of sp³-hybridized carbons (Fsp3) is 0.364. The van der Waals surface area contributed by atoms with Gasteiger partial charge in [-0.25, -0.2) is 9.78 Å². The number of carbonyl (C=O) groups excluding carboxylic acids is 1. The molecule has 200 valence electrons. The fourth-order valence-electron chi connectivity index (χ4n) is 6.64. The van der Waals surface area contributed by atoms with Gasteiger partial charge in [0.25, 0.3) is 0 Å². The van der Waals surface area contributed by atoms with Crippen molar-refractivity contribution in [2.24, 2.45) is 11.8 Å². The number of aryl methyl sites for hydroxylation is 1. The van der Waals surface area contributed by atoms with Gasteiger partial charge in [-0.15, -0.1) is 0 Å². The van der Waals surface area contributed by atoms with Crippen molar-refractivity contribution < 1.29 is 14.7 Å². The van der Waals surface area contributed by atoms with Gasteiger partial charge in [0.1, 0.15) is 5.82 Å². The lowest BCUT2D eigenvalue weighted by Gasteiger charge is -2.21. The second-order valence-electron chi connectivity index (χ2n) is 11.0. The Morgan fingerprint density at radius 1 is 1.05 bits per heavy atom. The van der Waals surface area contributed by atoms with E-state index in [-0.39, 0.29) is 11.8 Å². The van der Waals surface area contributed by atoms with E-state index in [9.17, 15) is 14.7 Å². The van der Waals surface area contributed by atoms with Gasteiger partial charge in [0.15, 0.2) is 0 Å². The van der Waals surface area contributed by atoms with Gasteiger partial charge in [0, 0.05) is 24.6 Å². The van der Waals surface area contributed by atoms with Crippen molar-refractivity contribution in [2.75, 3.05) is 11.4 Å². The number of unbranched alkanes of at least 4 members (excludes halogenated alkanes) is 1. The first-order valence-corrected chi connectivity index (χ1v) is 14.2. The van der Waals surface area contributed by atoms with Crippen LogP contribution < -0.4 is 4.90 Å². The number of amides is 1. The van der Waals surface area contributed by atoms with Crippen LogP contribution in [-0.4, -0.2) is 33.1 Å². The van der Waals surface area contributed by atoms with Crippen LogP contribution in [0.1, 0.15) is 67.2 Å². The number of carboxylic acids is 1. The second-order valence-corrected chi connectivity index (χ2v) is 11.0. The molecular formula is C33H35N3O3. The standard InChI is InChI=1S/C33H35N3O3/c1-3-4-14-30-34-27-19-24(35-20-23-12-8-9-13-26(23)32(35)37)15-17-29(27)36(30)28-18-16-25(22-10-6-5-7-11-22)31(21(28)2)33(38)39/h5-7,10-11,15-19,23,26H,3-4,8-9,12-14,20H2,1-2H3,(H,38,39). The summed E-state index contributed by atoms with van der Waals surface area (Å²) in [5, 5.41) is 10.3. The van der Waals surface area contributed by atoms with Crippen LogP contribution in [0.5, 0.6) is 0 Å². The third kappa shape index (κ3) is 4.42. The lowest BCUT2D eigenvalue weighted by molar-refractivity contribution is -0.121. The number of fused-ring (bicyclic) bond motifs is 2. The Kier molecular flexibility index (Phi) is 6.71. The summed E-state index contributed by atoms with van der Waals surface area (Å²) in [6, 6.07) is 19.7. The number of aromatic nitrogens is 2. The topological polar surface area (TPSA) is 75.4 Å². The van der Waals surface area contributed by atoms with Crippen molar-refractivity contribution in [3.8, 4) is 16.8 Å². The quantitative estimate of drug-likeness (QED) is 0.279. The Hall–Kier alpha value is -3.93. The molecule has 1 aliphatic heterocycles. The molecule has 39 heavy (non-hydrogen) atoms. The van der Waals surface area contributed by atoms with Crippen LogP contribution in [0.15, 0.2) is 60.7 Å². The molecule has 0 spiro atoms. The summed E-state index contributed by atoms with van der Waals surface area (Å²) in [7, 11) is 0. The summed E-state index contributed by atoms with van der Waals surface area (Å²) < 4.78 is 2.12.